The van der Waals surface area contributed by atoms with E-state index in [0.29, 0.717) is 5.11 Å². The number of thiocarbonyl (C=S) groups is 1. The standard InChI is InChI=1S/C14H12Br2N2S/c1-9-2-5-11(6-3-9)17-14(19)18-13-7-4-10(15)8-12(13)16/h2-8H,1H3,(H2,17,18,19). The van der Waals surface area contributed by atoms with Gasteiger partial charge in [-0.25, -0.2) is 0 Å². The molecule has 2 N–H and O–H groups in total. The Morgan fingerprint density at radius 2 is 1.68 bits per heavy atom. The SMILES string of the molecule is Cc1ccc(NC(=S)Nc2ccc(Br)cc2Br)cc1. The number of benzene rings is 2. The van der Waals surface area contributed by atoms with E-state index in [9.17, 15) is 0 Å². The third-order valence-electron chi connectivity index (χ3n) is 2.49. The second kappa shape index (κ2) is 6.50. The molecule has 0 radical (unpaired) electrons. The first kappa shape index (κ1) is 14.5. The zero-order valence-electron chi connectivity index (χ0n) is 10.2. The predicted molar refractivity (Wildman–Crippen MR) is 92.9 cm³/mol. The molecule has 98 valence electrons. The molecule has 2 nitrogen and oxygen atoms in total. The maximum Gasteiger partial charge on any atom is 0.175 e. The second-order valence-electron chi connectivity index (χ2n) is 4.07. The molecular formula is C14H12Br2N2S. The van der Waals surface area contributed by atoms with Crippen molar-refractivity contribution in [2.24, 2.45) is 0 Å². The largest absolute Gasteiger partial charge is 0.332 e. The Morgan fingerprint density at radius 3 is 2.32 bits per heavy atom. The quantitative estimate of drug-likeness (QED) is 0.667. The molecule has 2 rings (SSSR count). The fourth-order valence-electron chi connectivity index (χ4n) is 1.51. The number of nitrogens with one attached hydrogen (secondary N) is 2. The Bertz CT molecular complexity index is 597. The van der Waals surface area contributed by atoms with Crippen molar-refractivity contribution in [3.05, 3.63) is 57.0 Å². The fourth-order valence-corrected chi connectivity index (χ4v) is 2.89. The normalized spacial score (nSPS) is 10.1. The summed E-state index contributed by atoms with van der Waals surface area (Å²) in [4.78, 5) is 0. The van der Waals surface area contributed by atoms with Crippen LogP contribution in [0.5, 0.6) is 0 Å². The first-order chi connectivity index (χ1) is 9.04. The number of aryl methyl sites for hydroxylation is 1. The van der Waals surface area contributed by atoms with Crippen molar-refractivity contribution in [3.8, 4) is 0 Å². The molecule has 0 amide bonds. The maximum absolute atomic E-state index is 5.29. The highest BCUT2D eigenvalue weighted by Gasteiger charge is 2.03. The highest BCUT2D eigenvalue weighted by atomic mass is 79.9. The van der Waals surface area contributed by atoms with Gasteiger partial charge in [0.05, 0.1) is 5.69 Å². The average molecular weight is 400 g/mol. The molecule has 0 aliphatic heterocycles. The zero-order valence-corrected chi connectivity index (χ0v) is 14.2. The summed E-state index contributed by atoms with van der Waals surface area (Å²) in [6.07, 6.45) is 0. The van der Waals surface area contributed by atoms with Gasteiger partial charge in [-0.1, -0.05) is 33.6 Å². The summed E-state index contributed by atoms with van der Waals surface area (Å²) in [5.41, 5.74) is 3.12. The molecule has 0 bridgehead atoms. The molecule has 0 aliphatic rings. The molecule has 0 saturated heterocycles. The van der Waals surface area contributed by atoms with Crippen molar-refractivity contribution in [1.82, 2.24) is 0 Å². The van der Waals surface area contributed by atoms with E-state index in [-0.39, 0.29) is 0 Å². The molecule has 0 unspecified atom stereocenters. The first-order valence-corrected chi connectivity index (χ1v) is 7.64. The number of hydrogen-bond donors (Lipinski definition) is 2. The third kappa shape index (κ3) is 4.30. The number of hydrogen-bond acceptors (Lipinski definition) is 1. The van der Waals surface area contributed by atoms with Crippen LogP contribution in [-0.2, 0) is 0 Å². The maximum atomic E-state index is 5.29. The van der Waals surface area contributed by atoms with Gasteiger partial charge in [0.25, 0.3) is 0 Å². The van der Waals surface area contributed by atoms with E-state index in [1.54, 1.807) is 0 Å². The van der Waals surface area contributed by atoms with E-state index < -0.39 is 0 Å². The van der Waals surface area contributed by atoms with E-state index in [0.717, 1.165) is 20.3 Å². The monoisotopic (exact) mass is 398 g/mol. The first-order valence-electron chi connectivity index (χ1n) is 5.64. The van der Waals surface area contributed by atoms with Crippen LogP contribution >= 0.6 is 44.1 Å². The zero-order chi connectivity index (χ0) is 13.8. The highest BCUT2D eigenvalue weighted by molar-refractivity contribution is 9.11. The van der Waals surface area contributed by atoms with Crippen LogP contribution in [0.25, 0.3) is 0 Å². The lowest BCUT2D eigenvalue weighted by Gasteiger charge is -2.12. The fraction of sp³-hybridized carbons (Fsp3) is 0.0714. The molecule has 2 aromatic rings. The lowest BCUT2D eigenvalue weighted by Crippen LogP contribution is -2.19. The topological polar surface area (TPSA) is 24.1 Å². The second-order valence-corrected chi connectivity index (χ2v) is 6.25. The minimum atomic E-state index is 0.562. The van der Waals surface area contributed by atoms with Crippen LogP contribution < -0.4 is 10.6 Å². The summed E-state index contributed by atoms with van der Waals surface area (Å²) < 4.78 is 1.97. The van der Waals surface area contributed by atoms with Crippen molar-refractivity contribution in [2.75, 3.05) is 10.6 Å². The molecule has 0 heterocycles. The van der Waals surface area contributed by atoms with Crippen LogP contribution in [0.2, 0.25) is 0 Å². The van der Waals surface area contributed by atoms with Gasteiger partial charge < -0.3 is 10.6 Å². The van der Waals surface area contributed by atoms with Crippen molar-refractivity contribution in [3.63, 3.8) is 0 Å². The summed E-state index contributed by atoms with van der Waals surface area (Å²) in [5, 5.41) is 6.86. The molecule has 0 aromatic heterocycles. The minimum absolute atomic E-state index is 0.562. The van der Waals surface area contributed by atoms with E-state index >= 15 is 0 Å². The summed E-state index contributed by atoms with van der Waals surface area (Å²) in [6.45, 7) is 2.05. The predicted octanol–water partition coefficient (Wildman–Crippen LogP) is 5.33. The Morgan fingerprint density at radius 1 is 1.00 bits per heavy atom. The number of rotatable bonds is 2. The van der Waals surface area contributed by atoms with E-state index in [1.807, 2.05) is 42.5 Å². The summed E-state index contributed by atoms with van der Waals surface area (Å²) >= 11 is 12.2. The molecule has 0 aliphatic carbocycles. The molecule has 0 saturated carbocycles. The third-order valence-corrected chi connectivity index (χ3v) is 3.84. The van der Waals surface area contributed by atoms with Gasteiger partial charge in [-0.3, -0.25) is 0 Å². The van der Waals surface area contributed by atoms with Crippen molar-refractivity contribution in [2.45, 2.75) is 6.92 Å². The van der Waals surface area contributed by atoms with Crippen molar-refractivity contribution in [1.29, 1.82) is 0 Å². The lowest BCUT2D eigenvalue weighted by atomic mass is 10.2. The van der Waals surface area contributed by atoms with Gasteiger partial charge in [-0.2, -0.15) is 0 Å². The Labute approximate surface area is 134 Å². The number of anilines is 2. The molecule has 19 heavy (non-hydrogen) atoms. The summed E-state index contributed by atoms with van der Waals surface area (Å²) in [5.74, 6) is 0. The van der Waals surface area contributed by atoms with Crippen LogP contribution in [0.3, 0.4) is 0 Å². The molecule has 0 fully saturated rings. The molecule has 5 heteroatoms. The van der Waals surface area contributed by atoms with Gasteiger partial charge >= 0.3 is 0 Å². The van der Waals surface area contributed by atoms with Crippen LogP contribution in [0, 0.1) is 6.92 Å². The highest BCUT2D eigenvalue weighted by Crippen LogP contribution is 2.26. The molecular weight excluding hydrogens is 388 g/mol. The van der Waals surface area contributed by atoms with Crippen LogP contribution in [0.15, 0.2) is 51.4 Å². The Hall–Kier alpha value is -0.910. The van der Waals surface area contributed by atoms with Crippen molar-refractivity contribution >= 4 is 60.6 Å². The van der Waals surface area contributed by atoms with Gasteiger partial charge in [0, 0.05) is 14.6 Å². The van der Waals surface area contributed by atoms with Gasteiger partial charge in [-0.15, -0.1) is 0 Å². The summed E-state index contributed by atoms with van der Waals surface area (Å²) in [6, 6.07) is 14.0. The van der Waals surface area contributed by atoms with Crippen LogP contribution in [-0.4, -0.2) is 5.11 Å². The van der Waals surface area contributed by atoms with Crippen molar-refractivity contribution < 1.29 is 0 Å². The smallest absolute Gasteiger partial charge is 0.175 e. The lowest BCUT2D eigenvalue weighted by molar-refractivity contribution is 1.47. The number of halogens is 2. The Kier molecular flexibility index (Phi) is 4.96. The molecule has 2 aromatic carbocycles. The van der Waals surface area contributed by atoms with Crippen LogP contribution in [0.4, 0.5) is 11.4 Å². The van der Waals surface area contributed by atoms with Gasteiger partial charge in [0.15, 0.2) is 5.11 Å². The van der Waals surface area contributed by atoms with Gasteiger partial charge in [-0.05, 0) is 65.4 Å². The molecule has 0 spiro atoms. The van der Waals surface area contributed by atoms with E-state index in [1.165, 1.54) is 5.56 Å². The average Bonchev–Trinajstić information content (AvgIpc) is 2.36. The van der Waals surface area contributed by atoms with Crippen LogP contribution in [0.1, 0.15) is 5.56 Å². The summed E-state index contributed by atoms with van der Waals surface area (Å²) in [7, 11) is 0. The van der Waals surface area contributed by atoms with Gasteiger partial charge in [0.1, 0.15) is 0 Å². The van der Waals surface area contributed by atoms with Gasteiger partial charge in [0.2, 0.25) is 0 Å². The van der Waals surface area contributed by atoms with E-state index in [2.05, 4.69) is 49.4 Å². The minimum Gasteiger partial charge on any atom is -0.332 e. The molecule has 0 atom stereocenters. The van der Waals surface area contributed by atoms with E-state index in [4.69, 9.17) is 12.2 Å². The Balaban J connectivity index is 2.03.